The van der Waals surface area contributed by atoms with Crippen LogP contribution in [0.3, 0.4) is 0 Å². The molecule has 0 amide bonds. The van der Waals surface area contributed by atoms with Gasteiger partial charge in [0, 0.05) is 0 Å². The highest BCUT2D eigenvalue weighted by Crippen LogP contribution is 2.02. The van der Waals surface area contributed by atoms with Gasteiger partial charge in [-0.2, -0.15) is 0 Å². The lowest BCUT2D eigenvalue weighted by atomic mass is 10.2. The molecular weight excluding hydrogens is 132 g/mol. The number of rotatable bonds is 3. The minimum Gasteiger partial charge on any atom is -0.0877 e. The van der Waals surface area contributed by atoms with Crippen LogP contribution in [0.15, 0.2) is 23.8 Å². The van der Waals surface area contributed by atoms with Gasteiger partial charge >= 0.3 is 0 Å². The van der Waals surface area contributed by atoms with E-state index in [4.69, 9.17) is 0 Å². The van der Waals surface area contributed by atoms with E-state index in [1.165, 1.54) is 18.4 Å². The van der Waals surface area contributed by atoms with Crippen LogP contribution >= 0.6 is 0 Å². The fraction of sp³-hybridized carbons (Fsp3) is 0.636. The van der Waals surface area contributed by atoms with Crippen molar-refractivity contribution in [2.24, 2.45) is 0 Å². The van der Waals surface area contributed by atoms with E-state index >= 15 is 0 Å². The Kier molecular flexibility index (Phi) is 14.5. The second kappa shape index (κ2) is 12.2. The molecule has 0 bridgehead atoms. The topological polar surface area (TPSA) is 0 Å². The second-order valence-corrected chi connectivity index (χ2v) is 2.29. The van der Waals surface area contributed by atoms with Crippen LogP contribution in [-0.4, -0.2) is 0 Å². The molecule has 0 fully saturated rings. The Morgan fingerprint density at radius 3 is 2.18 bits per heavy atom. The van der Waals surface area contributed by atoms with E-state index in [1.54, 1.807) is 0 Å². The van der Waals surface area contributed by atoms with Gasteiger partial charge < -0.3 is 0 Å². The summed E-state index contributed by atoms with van der Waals surface area (Å²) in [6.45, 7) is 10.4. The molecule has 0 heterocycles. The normalized spacial score (nSPS) is 11.2. The van der Waals surface area contributed by atoms with E-state index in [0.717, 1.165) is 0 Å². The van der Waals surface area contributed by atoms with Crippen molar-refractivity contribution in [2.75, 3.05) is 0 Å². The molecule has 0 aliphatic rings. The maximum atomic E-state index is 2.20. The van der Waals surface area contributed by atoms with Crippen molar-refractivity contribution >= 4 is 0 Å². The molecule has 0 rings (SSSR count). The van der Waals surface area contributed by atoms with Crippen LogP contribution in [0, 0.1) is 0 Å². The minimum absolute atomic E-state index is 1.23. The number of hydrogen-bond donors (Lipinski definition) is 0. The van der Waals surface area contributed by atoms with Gasteiger partial charge in [-0.25, -0.2) is 0 Å². The van der Waals surface area contributed by atoms with Crippen LogP contribution in [0.5, 0.6) is 0 Å². The first-order valence-corrected chi connectivity index (χ1v) is 4.59. The zero-order chi connectivity index (χ0) is 9.11. The summed E-state index contributed by atoms with van der Waals surface area (Å²) in [5, 5.41) is 0. The highest BCUT2D eigenvalue weighted by molar-refractivity contribution is 5.09. The van der Waals surface area contributed by atoms with Crippen LogP contribution in [-0.2, 0) is 0 Å². The van der Waals surface area contributed by atoms with Crippen molar-refractivity contribution in [3.63, 3.8) is 0 Å². The quantitative estimate of drug-likeness (QED) is 0.531. The van der Waals surface area contributed by atoms with E-state index < -0.39 is 0 Å². The zero-order valence-corrected chi connectivity index (χ0v) is 8.65. The molecule has 0 aromatic carbocycles. The lowest BCUT2D eigenvalue weighted by Gasteiger charge is -1.92. The molecule has 0 saturated heterocycles. The fourth-order valence-electron chi connectivity index (χ4n) is 0.738. The molecule has 0 aliphatic heterocycles. The third-order valence-electron chi connectivity index (χ3n) is 1.22. The molecule has 0 unspecified atom stereocenters. The summed E-state index contributed by atoms with van der Waals surface area (Å²) in [6.07, 6.45) is 8.79. The van der Waals surface area contributed by atoms with Gasteiger partial charge in [0.2, 0.25) is 0 Å². The Morgan fingerprint density at radius 2 is 1.82 bits per heavy atom. The van der Waals surface area contributed by atoms with Crippen molar-refractivity contribution in [2.45, 2.75) is 47.5 Å². The Hall–Kier alpha value is -0.520. The minimum atomic E-state index is 1.23. The van der Waals surface area contributed by atoms with Crippen molar-refractivity contribution in [3.05, 3.63) is 23.8 Å². The maximum absolute atomic E-state index is 2.20. The van der Waals surface area contributed by atoms with Crippen LogP contribution in [0.4, 0.5) is 0 Å². The van der Waals surface area contributed by atoms with E-state index in [1.807, 2.05) is 20.8 Å². The molecule has 0 heteroatoms. The molecule has 0 atom stereocenters. The van der Waals surface area contributed by atoms with E-state index in [2.05, 4.69) is 32.1 Å². The average Bonchev–Trinajstić information content (AvgIpc) is 2.05. The van der Waals surface area contributed by atoms with Crippen molar-refractivity contribution in [3.8, 4) is 0 Å². The van der Waals surface area contributed by atoms with Gasteiger partial charge in [-0.1, -0.05) is 51.0 Å². The van der Waals surface area contributed by atoms with E-state index in [0.29, 0.717) is 0 Å². The molecule has 11 heavy (non-hydrogen) atoms. The highest BCUT2D eigenvalue weighted by atomic mass is 13.9. The Bertz CT molecular complexity index is 107. The first kappa shape index (κ1) is 13.1. The molecule has 66 valence electrons. The number of allylic oxidation sites excluding steroid dienone is 4. The molecule has 0 N–H and O–H groups in total. The van der Waals surface area contributed by atoms with Crippen molar-refractivity contribution in [1.29, 1.82) is 0 Å². The molecule has 0 radical (unpaired) electrons. The third-order valence-corrected chi connectivity index (χ3v) is 1.22. The Balaban J connectivity index is 0. The summed E-state index contributed by atoms with van der Waals surface area (Å²) >= 11 is 0. The predicted octanol–water partition coefficient (Wildman–Crippen LogP) is 4.34. The maximum Gasteiger partial charge on any atom is -0.0323 e. The summed E-state index contributed by atoms with van der Waals surface area (Å²) in [4.78, 5) is 0. The van der Waals surface area contributed by atoms with Gasteiger partial charge in [0.15, 0.2) is 0 Å². The fourth-order valence-corrected chi connectivity index (χ4v) is 0.738. The zero-order valence-electron chi connectivity index (χ0n) is 8.65. The molecular formula is C11H22. The first-order chi connectivity index (χ1) is 5.31. The SMILES string of the molecule is C/C=C\C=C(\C)CCC.CC. The summed E-state index contributed by atoms with van der Waals surface area (Å²) in [6, 6.07) is 0. The molecule has 0 aromatic rings. The lowest BCUT2D eigenvalue weighted by Crippen LogP contribution is -1.71. The van der Waals surface area contributed by atoms with Crippen LogP contribution in [0.25, 0.3) is 0 Å². The summed E-state index contributed by atoms with van der Waals surface area (Å²) in [5.41, 5.74) is 1.47. The van der Waals surface area contributed by atoms with Crippen LogP contribution < -0.4 is 0 Å². The van der Waals surface area contributed by atoms with Gasteiger partial charge in [0.1, 0.15) is 0 Å². The first-order valence-electron chi connectivity index (χ1n) is 4.59. The van der Waals surface area contributed by atoms with Crippen LogP contribution in [0.1, 0.15) is 47.5 Å². The van der Waals surface area contributed by atoms with Gasteiger partial charge in [0.05, 0.1) is 0 Å². The smallest absolute Gasteiger partial charge is 0.0323 e. The predicted molar refractivity (Wildman–Crippen MR) is 54.8 cm³/mol. The van der Waals surface area contributed by atoms with Crippen LogP contribution in [0.2, 0.25) is 0 Å². The number of hydrogen-bond acceptors (Lipinski definition) is 0. The molecule has 0 aromatic heterocycles. The van der Waals surface area contributed by atoms with Gasteiger partial charge in [-0.05, 0) is 20.3 Å². The van der Waals surface area contributed by atoms with E-state index in [9.17, 15) is 0 Å². The average molecular weight is 154 g/mol. The largest absolute Gasteiger partial charge is 0.0877 e. The monoisotopic (exact) mass is 154 g/mol. The summed E-state index contributed by atoms with van der Waals surface area (Å²) < 4.78 is 0. The van der Waals surface area contributed by atoms with E-state index in [-0.39, 0.29) is 0 Å². The van der Waals surface area contributed by atoms with Crippen molar-refractivity contribution < 1.29 is 0 Å². The molecule has 0 nitrogen and oxygen atoms in total. The molecule has 0 spiro atoms. The Morgan fingerprint density at radius 1 is 1.27 bits per heavy atom. The van der Waals surface area contributed by atoms with Crippen molar-refractivity contribution in [1.82, 2.24) is 0 Å². The molecule has 0 aliphatic carbocycles. The summed E-state index contributed by atoms with van der Waals surface area (Å²) in [5.74, 6) is 0. The summed E-state index contributed by atoms with van der Waals surface area (Å²) in [7, 11) is 0. The van der Waals surface area contributed by atoms with Gasteiger partial charge in [0.25, 0.3) is 0 Å². The second-order valence-electron chi connectivity index (χ2n) is 2.29. The highest BCUT2D eigenvalue weighted by Gasteiger charge is 1.81. The Labute approximate surface area is 72.0 Å². The third kappa shape index (κ3) is 12.6. The standard InChI is InChI=1S/C9H16.C2H6/c1-4-6-8-9(3)7-5-2;1-2/h4,6,8H,5,7H2,1-3H3;1-2H3/b6-4-,9-8-;. The van der Waals surface area contributed by atoms with Gasteiger partial charge in [-0.15, -0.1) is 0 Å². The molecule has 0 saturated carbocycles. The van der Waals surface area contributed by atoms with Gasteiger partial charge in [-0.3, -0.25) is 0 Å². The lowest BCUT2D eigenvalue weighted by molar-refractivity contribution is 0.906.